The third-order valence-corrected chi connectivity index (χ3v) is 3.04. The number of nitrogens with zero attached hydrogens (tertiary/aromatic N) is 2. The first kappa shape index (κ1) is 14.1. The van der Waals surface area contributed by atoms with E-state index in [1.807, 2.05) is 0 Å². The molecule has 0 saturated carbocycles. The molecule has 0 radical (unpaired) electrons. The molecule has 104 valence electrons. The van der Waals surface area contributed by atoms with Crippen LogP contribution in [0.4, 0.5) is 11.4 Å². The van der Waals surface area contributed by atoms with Gasteiger partial charge in [-0.25, -0.2) is 4.98 Å². The first-order valence-electron chi connectivity index (χ1n) is 5.77. The van der Waals surface area contributed by atoms with E-state index in [-0.39, 0.29) is 5.69 Å². The van der Waals surface area contributed by atoms with Gasteiger partial charge in [-0.15, -0.1) is 0 Å². The number of pyridine rings is 1. The Labute approximate surface area is 120 Å². The molecule has 20 heavy (non-hydrogen) atoms. The van der Waals surface area contributed by atoms with Gasteiger partial charge in [-0.1, -0.05) is 11.6 Å². The predicted octanol–water partition coefficient (Wildman–Crippen LogP) is 3.26. The van der Waals surface area contributed by atoms with Crippen molar-refractivity contribution in [1.29, 1.82) is 0 Å². The molecule has 1 N–H and O–H groups in total. The molecule has 0 unspecified atom stereocenters. The summed E-state index contributed by atoms with van der Waals surface area (Å²) in [7, 11) is 1.54. The Hall–Kier alpha value is -2.34. The van der Waals surface area contributed by atoms with E-state index >= 15 is 0 Å². The number of rotatable bonds is 5. The molecule has 0 aliphatic heterocycles. The number of nitro benzene ring substituents is 1. The summed E-state index contributed by atoms with van der Waals surface area (Å²) in [6.07, 6.45) is 1.62. The third-order valence-electron chi connectivity index (χ3n) is 2.67. The molecule has 0 amide bonds. The first-order chi connectivity index (χ1) is 9.60. The Morgan fingerprint density at radius 3 is 2.80 bits per heavy atom. The maximum atomic E-state index is 10.7. The molecule has 2 aromatic rings. The largest absolute Gasteiger partial charge is 0.481 e. The molecule has 0 saturated heterocycles. The zero-order chi connectivity index (χ0) is 14.5. The van der Waals surface area contributed by atoms with Crippen LogP contribution in [0.25, 0.3) is 0 Å². The van der Waals surface area contributed by atoms with Gasteiger partial charge in [-0.05, 0) is 17.7 Å². The Morgan fingerprint density at radius 1 is 1.40 bits per heavy atom. The standard InChI is InChI=1S/C13H12ClN3O3/c1-20-13-5-2-10(8-16-13)15-7-9-6-11(17(18)19)3-4-12(9)14/h2-6,8,15H,7H2,1H3. The van der Waals surface area contributed by atoms with Crippen LogP contribution in [0, 0.1) is 10.1 Å². The number of aromatic nitrogens is 1. The average molecular weight is 294 g/mol. The molecule has 1 heterocycles. The summed E-state index contributed by atoms with van der Waals surface area (Å²) in [6.45, 7) is 0.370. The van der Waals surface area contributed by atoms with Crippen molar-refractivity contribution in [3.63, 3.8) is 0 Å². The molecule has 0 atom stereocenters. The Bertz CT molecular complexity index is 617. The number of non-ortho nitro benzene ring substituents is 1. The highest BCUT2D eigenvalue weighted by Gasteiger charge is 2.09. The molecule has 0 aliphatic carbocycles. The summed E-state index contributed by atoms with van der Waals surface area (Å²) in [4.78, 5) is 14.3. The highest BCUT2D eigenvalue weighted by atomic mass is 35.5. The summed E-state index contributed by atoms with van der Waals surface area (Å²) in [5.41, 5.74) is 1.43. The Kier molecular flexibility index (Phi) is 4.37. The molecule has 7 heteroatoms. The molecule has 6 nitrogen and oxygen atoms in total. The highest BCUT2D eigenvalue weighted by Crippen LogP contribution is 2.23. The van der Waals surface area contributed by atoms with E-state index in [0.717, 1.165) is 5.69 Å². The fourth-order valence-corrected chi connectivity index (χ4v) is 1.80. The van der Waals surface area contributed by atoms with E-state index in [4.69, 9.17) is 16.3 Å². The van der Waals surface area contributed by atoms with Crippen LogP contribution in [0.5, 0.6) is 5.88 Å². The maximum Gasteiger partial charge on any atom is 0.269 e. The fraction of sp³-hybridized carbons (Fsp3) is 0.154. The first-order valence-corrected chi connectivity index (χ1v) is 6.14. The number of nitrogens with one attached hydrogen (secondary N) is 1. The van der Waals surface area contributed by atoms with Crippen molar-refractivity contribution in [2.45, 2.75) is 6.54 Å². The molecular weight excluding hydrogens is 282 g/mol. The van der Waals surface area contributed by atoms with Gasteiger partial charge in [0.2, 0.25) is 5.88 Å². The summed E-state index contributed by atoms with van der Waals surface area (Å²) >= 11 is 6.02. The van der Waals surface area contributed by atoms with Crippen molar-refractivity contribution in [2.75, 3.05) is 12.4 Å². The Morgan fingerprint density at radius 2 is 2.20 bits per heavy atom. The van der Waals surface area contributed by atoms with Crippen molar-refractivity contribution in [1.82, 2.24) is 4.98 Å². The summed E-state index contributed by atoms with van der Waals surface area (Å²) in [5, 5.41) is 14.3. The second-order valence-corrected chi connectivity index (χ2v) is 4.38. The van der Waals surface area contributed by atoms with Crippen LogP contribution in [0.15, 0.2) is 36.5 Å². The van der Waals surface area contributed by atoms with Crippen LogP contribution in [0.1, 0.15) is 5.56 Å². The second kappa shape index (κ2) is 6.21. The lowest BCUT2D eigenvalue weighted by Gasteiger charge is -2.08. The second-order valence-electron chi connectivity index (χ2n) is 3.98. The minimum Gasteiger partial charge on any atom is -0.481 e. The lowest BCUT2D eigenvalue weighted by Crippen LogP contribution is -2.01. The number of hydrogen-bond donors (Lipinski definition) is 1. The minimum absolute atomic E-state index is 0.0130. The lowest BCUT2D eigenvalue weighted by molar-refractivity contribution is -0.384. The number of halogens is 1. The smallest absolute Gasteiger partial charge is 0.269 e. The van der Waals surface area contributed by atoms with E-state index in [1.165, 1.54) is 25.3 Å². The van der Waals surface area contributed by atoms with Gasteiger partial charge in [-0.3, -0.25) is 10.1 Å². The topological polar surface area (TPSA) is 77.3 Å². The van der Waals surface area contributed by atoms with Crippen LogP contribution < -0.4 is 10.1 Å². The van der Waals surface area contributed by atoms with Gasteiger partial charge in [0.05, 0.1) is 23.9 Å². The quantitative estimate of drug-likeness (QED) is 0.676. The minimum atomic E-state index is -0.450. The number of anilines is 1. The lowest BCUT2D eigenvalue weighted by atomic mass is 10.2. The summed E-state index contributed by atoms with van der Waals surface area (Å²) in [5.74, 6) is 0.518. The van der Waals surface area contributed by atoms with Gasteiger partial charge < -0.3 is 10.1 Å². The van der Waals surface area contributed by atoms with E-state index in [2.05, 4.69) is 10.3 Å². The average Bonchev–Trinajstić information content (AvgIpc) is 2.46. The number of benzene rings is 1. The highest BCUT2D eigenvalue weighted by molar-refractivity contribution is 6.31. The van der Waals surface area contributed by atoms with E-state index < -0.39 is 4.92 Å². The van der Waals surface area contributed by atoms with Crippen molar-refractivity contribution in [2.24, 2.45) is 0 Å². The van der Waals surface area contributed by atoms with Gasteiger partial charge >= 0.3 is 0 Å². The van der Waals surface area contributed by atoms with Crippen molar-refractivity contribution >= 4 is 23.0 Å². The summed E-state index contributed by atoms with van der Waals surface area (Å²) in [6, 6.07) is 7.87. The molecular formula is C13H12ClN3O3. The zero-order valence-corrected chi connectivity index (χ0v) is 11.4. The summed E-state index contributed by atoms with van der Waals surface area (Å²) < 4.78 is 4.96. The van der Waals surface area contributed by atoms with Gasteiger partial charge in [0.25, 0.3) is 5.69 Å². The van der Waals surface area contributed by atoms with Gasteiger partial charge in [0.15, 0.2) is 0 Å². The van der Waals surface area contributed by atoms with Crippen molar-refractivity contribution in [3.8, 4) is 5.88 Å². The Balaban J connectivity index is 2.09. The maximum absolute atomic E-state index is 10.7. The molecule has 2 rings (SSSR count). The fourth-order valence-electron chi connectivity index (χ4n) is 1.61. The number of nitro groups is 1. The monoisotopic (exact) mass is 293 g/mol. The third kappa shape index (κ3) is 3.36. The number of ether oxygens (including phenoxy) is 1. The molecule has 0 spiro atoms. The SMILES string of the molecule is COc1ccc(NCc2cc([N+](=O)[O-])ccc2Cl)cn1. The van der Waals surface area contributed by atoms with Crippen LogP contribution in [-0.2, 0) is 6.54 Å². The predicted molar refractivity (Wildman–Crippen MR) is 76.2 cm³/mol. The van der Waals surface area contributed by atoms with Gasteiger partial charge in [0, 0.05) is 29.8 Å². The molecule has 1 aromatic heterocycles. The van der Waals surface area contributed by atoms with Crippen LogP contribution in [-0.4, -0.2) is 17.0 Å². The van der Waals surface area contributed by atoms with Gasteiger partial charge in [-0.2, -0.15) is 0 Å². The van der Waals surface area contributed by atoms with Crippen LogP contribution in [0.2, 0.25) is 5.02 Å². The zero-order valence-electron chi connectivity index (χ0n) is 10.7. The van der Waals surface area contributed by atoms with E-state index in [1.54, 1.807) is 18.3 Å². The van der Waals surface area contributed by atoms with Crippen LogP contribution in [0.3, 0.4) is 0 Å². The van der Waals surface area contributed by atoms with Gasteiger partial charge in [0.1, 0.15) is 0 Å². The molecule has 0 aliphatic rings. The number of hydrogen-bond acceptors (Lipinski definition) is 5. The normalized spacial score (nSPS) is 10.1. The number of methoxy groups -OCH3 is 1. The molecule has 0 bridgehead atoms. The van der Waals surface area contributed by atoms with Crippen LogP contribution >= 0.6 is 11.6 Å². The van der Waals surface area contributed by atoms with Crippen molar-refractivity contribution in [3.05, 3.63) is 57.2 Å². The van der Waals surface area contributed by atoms with E-state index in [0.29, 0.717) is 23.0 Å². The van der Waals surface area contributed by atoms with E-state index in [9.17, 15) is 10.1 Å². The molecule has 0 fully saturated rings. The molecule has 1 aromatic carbocycles. The van der Waals surface area contributed by atoms with Crippen molar-refractivity contribution < 1.29 is 9.66 Å².